The van der Waals surface area contributed by atoms with E-state index in [9.17, 15) is 14.3 Å². The molecule has 2 heterocycles. The van der Waals surface area contributed by atoms with Crippen molar-refractivity contribution in [1.29, 1.82) is 0 Å². The number of ether oxygens (including phenoxy) is 1. The summed E-state index contributed by atoms with van der Waals surface area (Å²) in [7, 11) is 1.76. The number of benzene rings is 2. The highest BCUT2D eigenvalue weighted by Gasteiger charge is 2.14. The number of nitrogens with one attached hydrogen (secondary N) is 1. The van der Waals surface area contributed by atoms with E-state index in [1.165, 1.54) is 28.9 Å². The second-order valence-electron chi connectivity index (χ2n) is 6.57. The first-order chi connectivity index (χ1) is 14.5. The molecule has 0 aliphatic carbocycles. The Bertz CT molecular complexity index is 1200. The Morgan fingerprint density at radius 2 is 2.03 bits per heavy atom. The highest BCUT2D eigenvalue weighted by atomic mass is 19.1. The van der Waals surface area contributed by atoms with Crippen LogP contribution in [0.4, 0.5) is 20.7 Å². The van der Waals surface area contributed by atoms with Crippen LogP contribution in [0.3, 0.4) is 0 Å². The van der Waals surface area contributed by atoms with Gasteiger partial charge >= 0.3 is 6.09 Å². The lowest BCUT2D eigenvalue weighted by molar-refractivity contribution is 0.215. The SMILES string of the molecule is CN(Cc1cc(F)ccc1O)c1ccn2ncc(NC(=O)Oc3ccccc3)c2n1. The summed E-state index contributed by atoms with van der Waals surface area (Å²) in [5.74, 6) is 0.527. The zero-order chi connectivity index (χ0) is 21.1. The minimum atomic E-state index is -0.665. The molecule has 8 nitrogen and oxygen atoms in total. The maximum Gasteiger partial charge on any atom is 0.417 e. The summed E-state index contributed by atoms with van der Waals surface area (Å²) >= 11 is 0. The summed E-state index contributed by atoms with van der Waals surface area (Å²) in [4.78, 5) is 18.4. The van der Waals surface area contributed by atoms with E-state index in [-0.39, 0.29) is 12.3 Å². The number of phenolic OH excluding ortho intramolecular Hbond substituents is 1. The molecule has 0 saturated heterocycles. The van der Waals surface area contributed by atoms with Crippen LogP contribution in [0.1, 0.15) is 5.56 Å². The highest BCUT2D eigenvalue weighted by Crippen LogP contribution is 2.23. The fourth-order valence-electron chi connectivity index (χ4n) is 2.91. The molecule has 0 aliphatic rings. The number of fused-ring (bicyclic) bond motifs is 1. The van der Waals surface area contributed by atoms with Crippen LogP contribution in [-0.2, 0) is 6.54 Å². The lowest BCUT2D eigenvalue weighted by Gasteiger charge is -2.19. The minimum Gasteiger partial charge on any atom is -0.508 e. The van der Waals surface area contributed by atoms with Crippen molar-refractivity contribution in [2.45, 2.75) is 6.54 Å². The van der Waals surface area contributed by atoms with Crippen LogP contribution < -0.4 is 15.0 Å². The van der Waals surface area contributed by atoms with Gasteiger partial charge in [0.1, 0.15) is 28.8 Å². The zero-order valence-electron chi connectivity index (χ0n) is 16.0. The monoisotopic (exact) mass is 407 g/mol. The number of carbonyl (C=O) groups excluding carboxylic acids is 1. The second-order valence-corrected chi connectivity index (χ2v) is 6.57. The topological polar surface area (TPSA) is 92.0 Å². The fraction of sp³-hybridized carbons (Fsp3) is 0.0952. The van der Waals surface area contributed by atoms with Gasteiger partial charge in [-0.25, -0.2) is 18.7 Å². The van der Waals surface area contributed by atoms with Crippen molar-refractivity contribution in [2.24, 2.45) is 0 Å². The molecule has 0 unspecified atom stereocenters. The third-order valence-electron chi connectivity index (χ3n) is 4.39. The van der Waals surface area contributed by atoms with Crippen molar-refractivity contribution >= 4 is 23.2 Å². The molecule has 30 heavy (non-hydrogen) atoms. The van der Waals surface area contributed by atoms with Crippen LogP contribution in [0.15, 0.2) is 67.0 Å². The van der Waals surface area contributed by atoms with Gasteiger partial charge in [-0.1, -0.05) is 18.2 Å². The Labute approximate surface area is 171 Å². The number of aromatic hydroxyl groups is 1. The average molecular weight is 407 g/mol. The first-order valence-electron chi connectivity index (χ1n) is 9.06. The van der Waals surface area contributed by atoms with Gasteiger partial charge in [-0.3, -0.25) is 5.32 Å². The Morgan fingerprint density at radius 3 is 2.83 bits per heavy atom. The molecule has 152 valence electrons. The summed E-state index contributed by atoms with van der Waals surface area (Å²) in [5.41, 5.74) is 1.21. The molecule has 0 radical (unpaired) electrons. The number of aromatic nitrogens is 3. The van der Waals surface area contributed by atoms with Crippen molar-refractivity contribution < 1.29 is 19.0 Å². The van der Waals surface area contributed by atoms with Crippen molar-refractivity contribution in [3.05, 3.63) is 78.4 Å². The van der Waals surface area contributed by atoms with Gasteiger partial charge in [-0.2, -0.15) is 5.10 Å². The number of halogens is 1. The maximum atomic E-state index is 13.5. The summed E-state index contributed by atoms with van der Waals surface area (Å²) in [5, 5.41) is 16.7. The van der Waals surface area contributed by atoms with Crippen molar-refractivity contribution in [3.63, 3.8) is 0 Å². The zero-order valence-corrected chi connectivity index (χ0v) is 16.0. The van der Waals surface area contributed by atoms with E-state index in [1.807, 2.05) is 6.07 Å². The molecule has 2 aromatic carbocycles. The van der Waals surface area contributed by atoms with Crippen LogP contribution >= 0.6 is 0 Å². The number of amides is 1. The van der Waals surface area contributed by atoms with E-state index in [2.05, 4.69) is 15.4 Å². The van der Waals surface area contributed by atoms with E-state index in [1.54, 1.807) is 48.5 Å². The van der Waals surface area contributed by atoms with Crippen molar-refractivity contribution in [3.8, 4) is 11.5 Å². The van der Waals surface area contributed by atoms with Crippen LogP contribution in [0.2, 0.25) is 0 Å². The average Bonchev–Trinajstić information content (AvgIpc) is 3.13. The standard InChI is InChI=1S/C21H18FN5O3/c1-26(13-14-11-15(22)7-8-18(14)28)19-9-10-27-20(25-19)17(12-23-27)24-21(29)30-16-5-3-2-4-6-16/h2-12,28H,13H2,1H3,(H,24,29). The van der Waals surface area contributed by atoms with Gasteiger partial charge in [0.2, 0.25) is 0 Å². The predicted molar refractivity (Wildman–Crippen MR) is 109 cm³/mol. The quantitative estimate of drug-likeness (QED) is 0.523. The van der Waals surface area contributed by atoms with Crippen LogP contribution in [0.5, 0.6) is 11.5 Å². The second kappa shape index (κ2) is 8.08. The molecule has 0 aliphatic heterocycles. The lowest BCUT2D eigenvalue weighted by atomic mass is 10.2. The van der Waals surface area contributed by atoms with Gasteiger partial charge in [0.25, 0.3) is 0 Å². The van der Waals surface area contributed by atoms with Gasteiger partial charge in [0.05, 0.1) is 6.20 Å². The molecule has 4 aromatic rings. The van der Waals surface area contributed by atoms with Gasteiger partial charge in [-0.15, -0.1) is 0 Å². The largest absolute Gasteiger partial charge is 0.508 e. The van der Waals surface area contributed by atoms with Crippen molar-refractivity contribution in [1.82, 2.24) is 14.6 Å². The molecule has 0 bridgehead atoms. The number of carbonyl (C=O) groups is 1. The Kier molecular flexibility index (Phi) is 5.17. The number of para-hydroxylation sites is 1. The third kappa shape index (κ3) is 4.14. The number of rotatable bonds is 5. The van der Waals surface area contributed by atoms with Gasteiger partial charge in [-0.05, 0) is 36.4 Å². The van der Waals surface area contributed by atoms with E-state index in [0.717, 1.165) is 0 Å². The third-order valence-corrected chi connectivity index (χ3v) is 4.39. The fourth-order valence-corrected chi connectivity index (χ4v) is 2.91. The van der Waals surface area contributed by atoms with Crippen LogP contribution in [0.25, 0.3) is 5.65 Å². The number of hydrogen-bond donors (Lipinski definition) is 2. The van der Waals surface area contributed by atoms with Crippen LogP contribution in [-0.4, -0.2) is 32.8 Å². The molecule has 0 atom stereocenters. The first-order valence-corrected chi connectivity index (χ1v) is 9.06. The summed E-state index contributed by atoms with van der Waals surface area (Å²) in [6.45, 7) is 0.236. The Morgan fingerprint density at radius 1 is 1.23 bits per heavy atom. The molecular formula is C21H18FN5O3. The van der Waals surface area contributed by atoms with E-state index in [4.69, 9.17) is 4.74 Å². The number of phenols is 1. The van der Waals surface area contributed by atoms with E-state index in [0.29, 0.717) is 28.5 Å². The summed E-state index contributed by atoms with van der Waals surface area (Å²) in [6, 6.07) is 14.2. The Hall–Kier alpha value is -4.14. The van der Waals surface area contributed by atoms with Gasteiger partial charge in [0.15, 0.2) is 5.65 Å². The normalized spacial score (nSPS) is 10.7. The minimum absolute atomic E-state index is 0.000283. The molecule has 9 heteroatoms. The molecule has 0 saturated carbocycles. The summed E-state index contributed by atoms with van der Waals surface area (Å²) < 4.78 is 20.2. The molecule has 1 amide bonds. The highest BCUT2D eigenvalue weighted by molar-refractivity contribution is 5.90. The molecule has 2 aromatic heterocycles. The molecule has 4 rings (SSSR count). The first kappa shape index (κ1) is 19.2. The number of anilines is 2. The number of hydrogen-bond acceptors (Lipinski definition) is 6. The maximum absolute atomic E-state index is 13.5. The van der Waals surface area contributed by atoms with Gasteiger partial charge < -0.3 is 14.7 Å². The smallest absolute Gasteiger partial charge is 0.417 e. The molecular weight excluding hydrogens is 389 g/mol. The van der Waals surface area contributed by atoms with Gasteiger partial charge in [0, 0.05) is 25.4 Å². The molecule has 0 spiro atoms. The van der Waals surface area contributed by atoms with E-state index >= 15 is 0 Å². The summed E-state index contributed by atoms with van der Waals surface area (Å²) in [6.07, 6.45) is 2.49. The van der Waals surface area contributed by atoms with Crippen molar-refractivity contribution in [2.75, 3.05) is 17.3 Å². The molecule has 0 fully saturated rings. The predicted octanol–water partition coefficient (Wildman–Crippen LogP) is 3.82. The van der Waals surface area contributed by atoms with E-state index < -0.39 is 11.9 Å². The lowest BCUT2D eigenvalue weighted by Crippen LogP contribution is -2.19. The van der Waals surface area contributed by atoms with Crippen LogP contribution in [0, 0.1) is 5.82 Å². The molecule has 2 N–H and O–H groups in total. The number of nitrogens with zero attached hydrogens (tertiary/aromatic N) is 4. The Balaban J connectivity index is 1.53.